The zero-order valence-corrected chi connectivity index (χ0v) is 14.0. The lowest BCUT2D eigenvalue weighted by molar-refractivity contribution is -0.116. The van der Waals surface area contributed by atoms with E-state index in [1.54, 1.807) is 18.3 Å². The number of rotatable bonds is 5. The normalized spacial score (nSPS) is 14.3. The van der Waals surface area contributed by atoms with Crippen molar-refractivity contribution in [3.8, 4) is 0 Å². The number of nitrogens with one attached hydrogen (secondary N) is 1. The number of hydrogen-bond acceptors (Lipinski definition) is 4. The van der Waals surface area contributed by atoms with Crippen LogP contribution in [0.2, 0.25) is 5.02 Å². The van der Waals surface area contributed by atoms with Crippen molar-refractivity contribution in [2.45, 2.75) is 19.4 Å². The number of anilines is 1. The van der Waals surface area contributed by atoms with Gasteiger partial charge in [0.1, 0.15) is 0 Å². The van der Waals surface area contributed by atoms with Crippen LogP contribution in [0.3, 0.4) is 0 Å². The van der Waals surface area contributed by atoms with Crippen LogP contribution in [0.5, 0.6) is 0 Å². The van der Waals surface area contributed by atoms with Crippen LogP contribution < -0.4 is 10.2 Å². The van der Waals surface area contributed by atoms with Gasteiger partial charge in [0.05, 0.1) is 12.2 Å². The van der Waals surface area contributed by atoms with E-state index in [1.807, 2.05) is 24.3 Å². The summed E-state index contributed by atoms with van der Waals surface area (Å²) in [7, 11) is 0. The molecule has 1 aliphatic rings. The van der Waals surface area contributed by atoms with Crippen molar-refractivity contribution in [3.63, 3.8) is 0 Å². The van der Waals surface area contributed by atoms with E-state index in [1.165, 1.54) is 18.9 Å². The van der Waals surface area contributed by atoms with Gasteiger partial charge in [0.25, 0.3) is 0 Å². The summed E-state index contributed by atoms with van der Waals surface area (Å²) in [6.07, 6.45) is 7.27. The molecule has 1 amide bonds. The minimum atomic E-state index is -0.184. The van der Waals surface area contributed by atoms with Gasteiger partial charge in [-0.05, 0) is 36.6 Å². The van der Waals surface area contributed by atoms with Crippen LogP contribution in [-0.4, -0.2) is 29.0 Å². The van der Waals surface area contributed by atoms with E-state index in [0.717, 1.165) is 30.3 Å². The van der Waals surface area contributed by atoms with Crippen LogP contribution >= 0.6 is 11.6 Å². The second kappa shape index (κ2) is 7.93. The standard InChI is InChI=1S/C18H19ClN4O/c19-16-6-2-1-5-14(16)7-8-17(24)21-13-15-9-10-20-18(22-15)23-11-3-4-12-23/h1-2,5-10H,3-4,11-13H2,(H,21,24)/b8-7+. The zero-order chi connectivity index (χ0) is 16.8. The molecule has 1 aromatic heterocycles. The van der Waals surface area contributed by atoms with E-state index in [9.17, 15) is 4.79 Å². The zero-order valence-electron chi connectivity index (χ0n) is 13.3. The third-order valence-electron chi connectivity index (χ3n) is 3.85. The number of nitrogens with zero attached hydrogens (tertiary/aromatic N) is 3. The van der Waals surface area contributed by atoms with E-state index in [2.05, 4.69) is 20.2 Å². The molecule has 1 fully saturated rings. The van der Waals surface area contributed by atoms with Gasteiger partial charge in [0.15, 0.2) is 0 Å². The molecule has 124 valence electrons. The highest BCUT2D eigenvalue weighted by molar-refractivity contribution is 6.32. The Morgan fingerprint density at radius 3 is 2.83 bits per heavy atom. The minimum Gasteiger partial charge on any atom is -0.347 e. The van der Waals surface area contributed by atoms with E-state index >= 15 is 0 Å². The fourth-order valence-electron chi connectivity index (χ4n) is 2.56. The van der Waals surface area contributed by atoms with E-state index in [-0.39, 0.29) is 5.91 Å². The van der Waals surface area contributed by atoms with E-state index < -0.39 is 0 Å². The first-order valence-corrected chi connectivity index (χ1v) is 8.37. The molecule has 24 heavy (non-hydrogen) atoms. The highest BCUT2D eigenvalue weighted by Gasteiger charge is 2.14. The highest BCUT2D eigenvalue weighted by Crippen LogP contribution is 2.16. The molecule has 0 saturated carbocycles. The maximum absolute atomic E-state index is 11.9. The molecule has 1 aliphatic heterocycles. The van der Waals surface area contributed by atoms with Crippen molar-refractivity contribution >= 4 is 29.5 Å². The predicted molar refractivity (Wildman–Crippen MR) is 95.8 cm³/mol. The van der Waals surface area contributed by atoms with Crippen LogP contribution in [0.25, 0.3) is 6.08 Å². The third kappa shape index (κ3) is 4.32. The molecular weight excluding hydrogens is 324 g/mol. The molecule has 0 aliphatic carbocycles. The lowest BCUT2D eigenvalue weighted by atomic mass is 10.2. The number of carbonyl (C=O) groups is 1. The summed E-state index contributed by atoms with van der Waals surface area (Å²) in [5.41, 5.74) is 1.61. The van der Waals surface area contributed by atoms with Gasteiger partial charge in [0.2, 0.25) is 11.9 Å². The minimum absolute atomic E-state index is 0.184. The van der Waals surface area contributed by atoms with Gasteiger partial charge in [0, 0.05) is 30.4 Å². The summed E-state index contributed by atoms with van der Waals surface area (Å²) in [6, 6.07) is 9.20. The van der Waals surface area contributed by atoms with Gasteiger partial charge in [-0.2, -0.15) is 0 Å². The maximum atomic E-state index is 11.9. The van der Waals surface area contributed by atoms with Crippen LogP contribution in [0, 0.1) is 0 Å². The number of benzene rings is 1. The molecule has 3 rings (SSSR count). The first-order valence-electron chi connectivity index (χ1n) is 8.00. The molecule has 0 atom stereocenters. The Morgan fingerprint density at radius 2 is 2.04 bits per heavy atom. The summed E-state index contributed by atoms with van der Waals surface area (Å²) in [5.74, 6) is 0.558. The summed E-state index contributed by atoms with van der Waals surface area (Å²) in [4.78, 5) is 22.9. The monoisotopic (exact) mass is 342 g/mol. The first-order chi connectivity index (χ1) is 11.7. The van der Waals surface area contributed by atoms with Crippen LogP contribution in [0.4, 0.5) is 5.95 Å². The number of hydrogen-bond donors (Lipinski definition) is 1. The molecule has 0 unspecified atom stereocenters. The van der Waals surface area contributed by atoms with E-state index in [4.69, 9.17) is 11.6 Å². The molecule has 2 heterocycles. The topological polar surface area (TPSA) is 58.1 Å². The van der Waals surface area contributed by atoms with Crippen LogP contribution in [0.1, 0.15) is 24.1 Å². The van der Waals surface area contributed by atoms with Crippen molar-refractivity contribution in [1.29, 1.82) is 0 Å². The second-order valence-electron chi connectivity index (χ2n) is 5.61. The molecule has 2 aromatic rings. The van der Waals surface area contributed by atoms with Gasteiger partial charge < -0.3 is 10.2 Å². The number of aromatic nitrogens is 2. The highest BCUT2D eigenvalue weighted by atomic mass is 35.5. The SMILES string of the molecule is O=C(/C=C/c1ccccc1Cl)NCc1ccnc(N2CCCC2)n1. The molecule has 6 heteroatoms. The van der Waals surface area contributed by atoms with Gasteiger partial charge >= 0.3 is 0 Å². The van der Waals surface area contributed by atoms with Crippen molar-refractivity contribution in [1.82, 2.24) is 15.3 Å². The van der Waals surface area contributed by atoms with Gasteiger partial charge in [-0.15, -0.1) is 0 Å². The van der Waals surface area contributed by atoms with Gasteiger partial charge in [-0.1, -0.05) is 29.8 Å². The summed E-state index contributed by atoms with van der Waals surface area (Å²) < 4.78 is 0. The number of carbonyl (C=O) groups excluding carboxylic acids is 1. The van der Waals surface area contributed by atoms with Crippen LogP contribution in [0.15, 0.2) is 42.6 Å². The lowest BCUT2D eigenvalue weighted by Crippen LogP contribution is -2.23. The van der Waals surface area contributed by atoms with Crippen molar-refractivity contribution in [3.05, 3.63) is 58.9 Å². The number of halogens is 1. The molecular formula is C18H19ClN4O. The molecule has 0 radical (unpaired) electrons. The Kier molecular flexibility index (Phi) is 5.43. The number of amides is 1. The van der Waals surface area contributed by atoms with Crippen molar-refractivity contribution in [2.24, 2.45) is 0 Å². The quantitative estimate of drug-likeness (QED) is 0.848. The summed E-state index contributed by atoms with van der Waals surface area (Å²) in [5, 5.41) is 3.45. The first kappa shape index (κ1) is 16.5. The van der Waals surface area contributed by atoms with Gasteiger partial charge in [-0.3, -0.25) is 4.79 Å². The molecule has 5 nitrogen and oxygen atoms in total. The third-order valence-corrected chi connectivity index (χ3v) is 4.20. The average Bonchev–Trinajstić information content (AvgIpc) is 3.14. The van der Waals surface area contributed by atoms with Crippen molar-refractivity contribution < 1.29 is 4.79 Å². The largest absolute Gasteiger partial charge is 0.347 e. The molecule has 0 bridgehead atoms. The Labute approximate surface area is 146 Å². The fourth-order valence-corrected chi connectivity index (χ4v) is 2.76. The Balaban J connectivity index is 1.56. The second-order valence-corrected chi connectivity index (χ2v) is 6.02. The Hall–Kier alpha value is -2.40. The van der Waals surface area contributed by atoms with Gasteiger partial charge in [-0.25, -0.2) is 9.97 Å². The predicted octanol–water partition coefficient (Wildman–Crippen LogP) is 3.06. The van der Waals surface area contributed by atoms with E-state index in [0.29, 0.717) is 11.6 Å². The van der Waals surface area contributed by atoms with Crippen molar-refractivity contribution in [2.75, 3.05) is 18.0 Å². The Morgan fingerprint density at radius 1 is 1.25 bits per heavy atom. The summed E-state index contributed by atoms with van der Waals surface area (Å²) in [6.45, 7) is 2.36. The fraction of sp³-hybridized carbons (Fsp3) is 0.278. The molecule has 0 spiro atoms. The Bertz CT molecular complexity index is 741. The summed E-state index contributed by atoms with van der Waals surface area (Å²) >= 11 is 6.06. The molecule has 1 aromatic carbocycles. The smallest absolute Gasteiger partial charge is 0.244 e. The maximum Gasteiger partial charge on any atom is 0.244 e. The van der Waals surface area contributed by atoms with Crippen LogP contribution in [-0.2, 0) is 11.3 Å². The molecule has 1 N–H and O–H groups in total. The lowest BCUT2D eigenvalue weighted by Gasteiger charge is -2.15. The molecule has 1 saturated heterocycles. The average molecular weight is 343 g/mol.